The Labute approximate surface area is 209 Å². The van der Waals surface area contributed by atoms with E-state index >= 15 is 0 Å². The Morgan fingerprint density at radius 1 is 0.971 bits per heavy atom. The second kappa shape index (κ2) is 8.52. The van der Waals surface area contributed by atoms with E-state index in [4.69, 9.17) is 23.4 Å². The summed E-state index contributed by atoms with van der Waals surface area (Å²) < 4.78 is 31.9. The van der Waals surface area contributed by atoms with Crippen molar-refractivity contribution in [2.24, 2.45) is 5.92 Å². The van der Waals surface area contributed by atoms with Gasteiger partial charge >= 0.3 is 5.97 Å². The van der Waals surface area contributed by atoms with Crippen LogP contribution < -0.4 is 10.4 Å². The van der Waals surface area contributed by atoms with Gasteiger partial charge in [-0.05, 0) is 42.6 Å². The molecule has 2 aliphatic heterocycles. The monoisotopic (exact) mass is 496 g/mol. The van der Waals surface area contributed by atoms with Gasteiger partial charge in [-0.1, -0.05) is 81.4 Å². The zero-order chi connectivity index (χ0) is 25.1. The molecule has 2 unspecified atom stereocenters. The molecule has 0 radical (unpaired) electrons. The summed E-state index contributed by atoms with van der Waals surface area (Å²) >= 11 is 0. The fourth-order valence-corrected chi connectivity index (χ4v) is 10.6. The smallest absolute Gasteiger partial charge is 0.312 e. The van der Waals surface area contributed by atoms with Gasteiger partial charge in [0.15, 0.2) is 12.1 Å². The van der Waals surface area contributed by atoms with Crippen molar-refractivity contribution in [1.82, 2.24) is 0 Å². The van der Waals surface area contributed by atoms with Gasteiger partial charge in [0.2, 0.25) is 0 Å². The fraction of sp³-hybridized carbons (Fsp3) is 0.536. The molecule has 0 aromatic heterocycles. The van der Waals surface area contributed by atoms with Gasteiger partial charge in [-0.15, -0.1) is 0 Å². The van der Waals surface area contributed by atoms with Gasteiger partial charge in [0.05, 0.1) is 12.5 Å². The third-order valence-corrected chi connectivity index (χ3v) is 12.5. The number of hydrogen-bond acceptors (Lipinski definition) is 6. The van der Waals surface area contributed by atoms with Gasteiger partial charge in [-0.3, -0.25) is 4.79 Å². The molecule has 2 aromatic carbocycles. The Morgan fingerprint density at radius 3 is 2.06 bits per heavy atom. The fourth-order valence-electron chi connectivity index (χ4n) is 5.89. The first-order valence-electron chi connectivity index (χ1n) is 12.5. The lowest BCUT2D eigenvalue weighted by Gasteiger charge is -2.46. The summed E-state index contributed by atoms with van der Waals surface area (Å²) in [4.78, 5) is 12.8. The highest BCUT2D eigenvalue weighted by Crippen LogP contribution is 2.60. The molecule has 0 amide bonds. The first kappa shape index (κ1) is 24.7. The molecule has 1 saturated carbocycles. The third kappa shape index (κ3) is 3.98. The first-order valence-corrected chi connectivity index (χ1v) is 14.4. The zero-order valence-electron chi connectivity index (χ0n) is 21.4. The largest absolute Gasteiger partial charge is 0.466 e. The molecule has 5 atom stereocenters. The van der Waals surface area contributed by atoms with E-state index in [1.54, 1.807) is 0 Å². The van der Waals surface area contributed by atoms with Crippen molar-refractivity contribution in [3.8, 4) is 0 Å². The van der Waals surface area contributed by atoms with E-state index in [1.807, 2.05) is 32.9 Å². The van der Waals surface area contributed by atoms with E-state index in [0.29, 0.717) is 13.0 Å². The van der Waals surface area contributed by atoms with Crippen molar-refractivity contribution >= 4 is 24.7 Å². The van der Waals surface area contributed by atoms with Crippen molar-refractivity contribution in [1.29, 1.82) is 0 Å². The lowest BCUT2D eigenvalue weighted by atomic mass is 10.1. The molecule has 0 N–H and O–H groups in total. The van der Waals surface area contributed by atoms with Crippen LogP contribution >= 0.6 is 0 Å². The molecule has 0 bridgehead atoms. The SMILES string of the molecule is CCOC(=O)[C@@H]1C[C@@]12O[C@@H]1OC(C)(C)OC1C2O[Si](c1ccccc1)(c1ccccc1)C(C)(C)C. The molecular formula is C28H36O6Si. The molecule has 2 aromatic rings. The van der Waals surface area contributed by atoms with Crippen LogP contribution in [0.15, 0.2) is 60.7 Å². The Kier molecular flexibility index (Phi) is 6.00. The maximum atomic E-state index is 12.8. The molecule has 1 aliphatic carbocycles. The average Bonchev–Trinajstić information content (AvgIpc) is 3.36. The minimum absolute atomic E-state index is 0.224. The van der Waals surface area contributed by atoms with Gasteiger partial charge in [-0.2, -0.15) is 0 Å². The molecule has 188 valence electrons. The van der Waals surface area contributed by atoms with Crippen LogP contribution in [0.1, 0.15) is 48.0 Å². The van der Waals surface area contributed by atoms with Crippen molar-refractivity contribution in [3.05, 3.63) is 60.7 Å². The number of carbonyl (C=O) groups excluding carboxylic acids is 1. The van der Waals surface area contributed by atoms with E-state index in [9.17, 15) is 4.79 Å². The van der Waals surface area contributed by atoms with Crippen molar-refractivity contribution in [2.75, 3.05) is 6.61 Å². The number of benzene rings is 2. The number of fused-ring (bicyclic) bond motifs is 1. The standard InChI is InChI=1S/C28H36O6Si/c1-7-30-24(29)21-18-28(21)23(22-25(33-28)32-27(5,6)31-22)34-35(26(2,3)4,19-14-10-8-11-15-19)20-16-12-9-13-17-20/h8-17,21-23,25H,7,18H2,1-6H3/t21-,22?,23?,25-,28+/m0/s1. The summed E-state index contributed by atoms with van der Waals surface area (Å²) in [7, 11) is -2.92. The topological polar surface area (TPSA) is 63.2 Å². The van der Waals surface area contributed by atoms with Crippen LogP contribution in [0.25, 0.3) is 0 Å². The highest BCUT2D eigenvalue weighted by atomic mass is 28.4. The van der Waals surface area contributed by atoms with Gasteiger partial charge in [0, 0.05) is 0 Å². The summed E-state index contributed by atoms with van der Waals surface area (Å²) in [5, 5.41) is 2.12. The molecular weight excluding hydrogens is 460 g/mol. The second-order valence-corrected chi connectivity index (χ2v) is 15.5. The van der Waals surface area contributed by atoms with Crippen LogP contribution in [0.4, 0.5) is 0 Å². The summed E-state index contributed by atoms with van der Waals surface area (Å²) in [6, 6.07) is 21.0. The average molecular weight is 497 g/mol. The Balaban J connectivity index is 1.64. The second-order valence-electron chi connectivity index (χ2n) is 11.3. The molecule has 6 nitrogen and oxygen atoms in total. The molecule has 35 heavy (non-hydrogen) atoms. The third-order valence-electron chi connectivity index (χ3n) is 7.45. The van der Waals surface area contributed by atoms with Crippen LogP contribution in [0.3, 0.4) is 0 Å². The van der Waals surface area contributed by atoms with Crippen molar-refractivity contribution in [2.45, 2.75) is 82.9 Å². The van der Waals surface area contributed by atoms with Gasteiger partial charge < -0.3 is 23.4 Å². The van der Waals surface area contributed by atoms with E-state index < -0.39 is 44.1 Å². The predicted octanol–water partition coefficient (Wildman–Crippen LogP) is 3.76. The van der Waals surface area contributed by atoms with Crippen molar-refractivity contribution in [3.63, 3.8) is 0 Å². The number of ether oxygens (including phenoxy) is 4. The predicted molar refractivity (Wildman–Crippen MR) is 135 cm³/mol. The highest BCUT2D eigenvalue weighted by molar-refractivity contribution is 6.99. The van der Waals surface area contributed by atoms with Crippen LogP contribution in [-0.2, 0) is 28.2 Å². The molecule has 1 spiro atoms. The van der Waals surface area contributed by atoms with E-state index in [1.165, 1.54) is 10.4 Å². The Hall–Kier alpha value is -2.03. The lowest BCUT2D eigenvalue weighted by molar-refractivity contribution is -0.221. The number of rotatable bonds is 6. The summed E-state index contributed by atoms with van der Waals surface area (Å²) in [6.45, 7) is 12.6. The van der Waals surface area contributed by atoms with E-state index in [0.717, 1.165) is 0 Å². The summed E-state index contributed by atoms with van der Waals surface area (Å²) in [6.07, 6.45) is -0.969. The van der Waals surface area contributed by atoms with Crippen LogP contribution in [0, 0.1) is 5.92 Å². The van der Waals surface area contributed by atoms with Crippen LogP contribution in [-0.4, -0.2) is 50.8 Å². The van der Waals surface area contributed by atoms with Gasteiger partial charge in [0.1, 0.15) is 17.8 Å². The molecule has 2 saturated heterocycles. The molecule has 3 aliphatic rings. The Bertz CT molecular complexity index is 1030. The highest BCUT2D eigenvalue weighted by Gasteiger charge is 2.76. The molecule has 7 heteroatoms. The normalized spacial score (nSPS) is 31.4. The number of esters is 1. The Morgan fingerprint density at radius 2 is 1.54 bits per heavy atom. The van der Waals surface area contributed by atoms with Crippen LogP contribution in [0.2, 0.25) is 5.04 Å². The zero-order valence-corrected chi connectivity index (χ0v) is 22.4. The first-order chi connectivity index (χ1) is 16.5. The van der Waals surface area contributed by atoms with E-state index in [2.05, 4.69) is 69.3 Å². The van der Waals surface area contributed by atoms with Gasteiger partial charge in [-0.25, -0.2) is 0 Å². The quantitative estimate of drug-likeness (QED) is 0.448. The number of carbonyl (C=O) groups is 1. The maximum absolute atomic E-state index is 12.8. The van der Waals surface area contributed by atoms with Gasteiger partial charge in [0.25, 0.3) is 8.32 Å². The summed E-state index contributed by atoms with van der Waals surface area (Å²) in [5.41, 5.74) is -0.814. The molecule has 3 fully saturated rings. The summed E-state index contributed by atoms with van der Waals surface area (Å²) in [5.74, 6) is -1.44. The maximum Gasteiger partial charge on any atom is 0.312 e. The molecule has 2 heterocycles. The van der Waals surface area contributed by atoms with E-state index in [-0.39, 0.29) is 11.0 Å². The minimum Gasteiger partial charge on any atom is -0.466 e. The van der Waals surface area contributed by atoms with Crippen LogP contribution in [0.5, 0.6) is 0 Å². The lowest BCUT2D eigenvalue weighted by Crippen LogP contribution is -2.69. The van der Waals surface area contributed by atoms with Crippen molar-refractivity contribution < 1.29 is 28.2 Å². The minimum atomic E-state index is -2.92. The number of hydrogen-bond donors (Lipinski definition) is 0. The molecule has 5 rings (SSSR count).